The first-order chi connectivity index (χ1) is 7.69. The molecule has 5 nitrogen and oxygen atoms in total. The average Bonchev–Trinajstić information content (AvgIpc) is 2.28. The van der Waals surface area contributed by atoms with E-state index in [-0.39, 0.29) is 11.3 Å². The van der Waals surface area contributed by atoms with Crippen molar-refractivity contribution in [1.82, 2.24) is 9.55 Å². The molecule has 5 heteroatoms. The van der Waals surface area contributed by atoms with Crippen molar-refractivity contribution in [3.05, 3.63) is 34.5 Å². The SMILES string of the molecule is COC/C(C)=C/Cn1cncc(OC)c1=O. The molecular formula is C11H16N2O3. The van der Waals surface area contributed by atoms with Gasteiger partial charge in [0.25, 0.3) is 5.56 Å². The molecule has 0 N–H and O–H groups in total. The summed E-state index contributed by atoms with van der Waals surface area (Å²) in [6, 6.07) is 0. The van der Waals surface area contributed by atoms with Crippen molar-refractivity contribution >= 4 is 0 Å². The monoisotopic (exact) mass is 224 g/mol. The van der Waals surface area contributed by atoms with Crippen LogP contribution in [0, 0.1) is 0 Å². The fourth-order valence-electron chi connectivity index (χ4n) is 1.24. The fourth-order valence-corrected chi connectivity index (χ4v) is 1.24. The highest BCUT2D eigenvalue weighted by Crippen LogP contribution is 1.99. The van der Waals surface area contributed by atoms with Gasteiger partial charge in [0.05, 0.1) is 26.2 Å². The Labute approximate surface area is 94.3 Å². The highest BCUT2D eigenvalue weighted by atomic mass is 16.5. The number of allylic oxidation sites excluding steroid dienone is 1. The van der Waals surface area contributed by atoms with Gasteiger partial charge in [-0.25, -0.2) is 4.98 Å². The van der Waals surface area contributed by atoms with Crippen molar-refractivity contribution in [2.45, 2.75) is 13.5 Å². The number of methoxy groups -OCH3 is 2. The van der Waals surface area contributed by atoms with Gasteiger partial charge >= 0.3 is 0 Å². The summed E-state index contributed by atoms with van der Waals surface area (Å²) in [5, 5.41) is 0. The van der Waals surface area contributed by atoms with Crippen molar-refractivity contribution in [1.29, 1.82) is 0 Å². The van der Waals surface area contributed by atoms with Gasteiger partial charge in [-0.2, -0.15) is 0 Å². The van der Waals surface area contributed by atoms with Gasteiger partial charge in [-0.1, -0.05) is 11.6 Å². The van der Waals surface area contributed by atoms with E-state index in [1.54, 1.807) is 7.11 Å². The second kappa shape index (κ2) is 6.07. The molecule has 0 aromatic carbocycles. The van der Waals surface area contributed by atoms with Crippen LogP contribution in [0.2, 0.25) is 0 Å². The third-order valence-electron chi connectivity index (χ3n) is 2.10. The third kappa shape index (κ3) is 3.20. The summed E-state index contributed by atoms with van der Waals surface area (Å²) in [7, 11) is 3.09. The predicted octanol–water partition coefficient (Wildman–Crippen LogP) is 0.845. The molecule has 1 aromatic rings. The number of hydrogen-bond donors (Lipinski definition) is 0. The van der Waals surface area contributed by atoms with E-state index in [4.69, 9.17) is 9.47 Å². The third-order valence-corrected chi connectivity index (χ3v) is 2.10. The lowest BCUT2D eigenvalue weighted by molar-refractivity contribution is 0.225. The number of ether oxygens (including phenoxy) is 2. The summed E-state index contributed by atoms with van der Waals surface area (Å²) < 4.78 is 11.4. The smallest absolute Gasteiger partial charge is 0.295 e. The maximum absolute atomic E-state index is 11.7. The fraction of sp³-hybridized carbons (Fsp3) is 0.455. The van der Waals surface area contributed by atoms with Gasteiger partial charge in [0.2, 0.25) is 5.75 Å². The minimum Gasteiger partial charge on any atom is -0.490 e. The highest BCUT2D eigenvalue weighted by Gasteiger charge is 2.01. The molecule has 88 valence electrons. The standard InChI is InChI=1S/C11H16N2O3/c1-9(7-15-2)4-5-13-8-12-6-10(16-3)11(13)14/h4,6,8H,5,7H2,1-3H3/b9-4+. The van der Waals surface area contributed by atoms with Crippen molar-refractivity contribution in [2.24, 2.45) is 0 Å². The van der Waals surface area contributed by atoms with E-state index in [2.05, 4.69) is 4.98 Å². The molecule has 1 rings (SSSR count). The molecular weight excluding hydrogens is 208 g/mol. The van der Waals surface area contributed by atoms with Gasteiger partial charge in [-0.15, -0.1) is 0 Å². The molecule has 0 saturated carbocycles. The minimum absolute atomic E-state index is 0.182. The van der Waals surface area contributed by atoms with Gasteiger partial charge in [-0.3, -0.25) is 9.36 Å². The van der Waals surface area contributed by atoms with E-state index in [1.807, 2.05) is 13.0 Å². The maximum Gasteiger partial charge on any atom is 0.295 e. The summed E-state index contributed by atoms with van der Waals surface area (Å²) in [5.74, 6) is 0.250. The Morgan fingerprint density at radius 2 is 2.31 bits per heavy atom. The quantitative estimate of drug-likeness (QED) is 0.696. The van der Waals surface area contributed by atoms with Crippen molar-refractivity contribution < 1.29 is 9.47 Å². The Morgan fingerprint density at radius 1 is 1.56 bits per heavy atom. The van der Waals surface area contributed by atoms with Crippen LogP contribution in [0.15, 0.2) is 29.0 Å². The molecule has 0 spiro atoms. The van der Waals surface area contributed by atoms with Crippen molar-refractivity contribution in [3.8, 4) is 5.75 Å². The Hall–Kier alpha value is -1.62. The van der Waals surface area contributed by atoms with E-state index in [0.717, 1.165) is 5.57 Å². The first kappa shape index (κ1) is 12.4. The number of aromatic nitrogens is 2. The Kier molecular flexibility index (Phi) is 4.72. The molecule has 0 unspecified atom stereocenters. The molecule has 0 atom stereocenters. The van der Waals surface area contributed by atoms with Crippen LogP contribution in [0.1, 0.15) is 6.92 Å². The predicted molar refractivity (Wildman–Crippen MR) is 60.7 cm³/mol. The molecule has 0 bridgehead atoms. The Balaban J connectivity index is 2.82. The summed E-state index contributed by atoms with van der Waals surface area (Å²) >= 11 is 0. The molecule has 0 aliphatic rings. The average molecular weight is 224 g/mol. The zero-order valence-electron chi connectivity index (χ0n) is 9.77. The van der Waals surface area contributed by atoms with Crippen molar-refractivity contribution in [3.63, 3.8) is 0 Å². The second-order valence-corrected chi connectivity index (χ2v) is 3.40. The molecule has 0 fully saturated rings. The second-order valence-electron chi connectivity index (χ2n) is 3.40. The van der Waals surface area contributed by atoms with Crippen LogP contribution in [0.4, 0.5) is 0 Å². The van der Waals surface area contributed by atoms with Crippen LogP contribution >= 0.6 is 0 Å². The van der Waals surface area contributed by atoms with Crippen LogP contribution in [0.25, 0.3) is 0 Å². The lowest BCUT2D eigenvalue weighted by Crippen LogP contribution is -2.21. The van der Waals surface area contributed by atoms with E-state index in [9.17, 15) is 4.79 Å². The Bertz CT molecular complexity index is 423. The number of nitrogens with zero attached hydrogens (tertiary/aromatic N) is 2. The zero-order chi connectivity index (χ0) is 12.0. The van der Waals surface area contributed by atoms with E-state index in [0.29, 0.717) is 13.2 Å². The first-order valence-electron chi connectivity index (χ1n) is 4.92. The van der Waals surface area contributed by atoms with Crippen LogP contribution in [-0.4, -0.2) is 30.4 Å². The van der Waals surface area contributed by atoms with E-state index >= 15 is 0 Å². The highest BCUT2D eigenvalue weighted by molar-refractivity contribution is 5.12. The van der Waals surface area contributed by atoms with Crippen LogP contribution in [-0.2, 0) is 11.3 Å². The molecule has 1 heterocycles. The lowest BCUT2D eigenvalue weighted by atomic mass is 10.3. The largest absolute Gasteiger partial charge is 0.490 e. The first-order valence-corrected chi connectivity index (χ1v) is 4.92. The molecule has 0 aliphatic heterocycles. The summed E-state index contributed by atoms with van der Waals surface area (Å²) in [4.78, 5) is 15.6. The summed E-state index contributed by atoms with van der Waals surface area (Å²) in [6.45, 7) is 2.98. The molecule has 0 aliphatic carbocycles. The number of hydrogen-bond acceptors (Lipinski definition) is 4. The molecule has 1 aromatic heterocycles. The van der Waals surface area contributed by atoms with Crippen LogP contribution in [0.5, 0.6) is 5.75 Å². The van der Waals surface area contributed by atoms with Crippen LogP contribution < -0.4 is 10.3 Å². The zero-order valence-corrected chi connectivity index (χ0v) is 9.77. The maximum atomic E-state index is 11.7. The lowest BCUT2D eigenvalue weighted by Gasteiger charge is -2.04. The van der Waals surface area contributed by atoms with Gasteiger partial charge in [0, 0.05) is 13.7 Å². The summed E-state index contributed by atoms with van der Waals surface area (Å²) in [6.07, 6.45) is 4.82. The normalized spacial score (nSPS) is 11.6. The van der Waals surface area contributed by atoms with Crippen LogP contribution in [0.3, 0.4) is 0 Å². The van der Waals surface area contributed by atoms with Crippen molar-refractivity contribution in [2.75, 3.05) is 20.8 Å². The molecule has 0 radical (unpaired) electrons. The van der Waals surface area contributed by atoms with Gasteiger partial charge in [-0.05, 0) is 6.92 Å². The van der Waals surface area contributed by atoms with Gasteiger partial charge < -0.3 is 9.47 Å². The Morgan fingerprint density at radius 3 is 2.94 bits per heavy atom. The topological polar surface area (TPSA) is 53.4 Å². The minimum atomic E-state index is -0.182. The van der Waals surface area contributed by atoms with E-state index < -0.39 is 0 Å². The van der Waals surface area contributed by atoms with Gasteiger partial charge in [0.1, 0.15) is 0 Å². The van der Waals surface area contributed by atoms with Gasteiger partial charge in [0.15, 0.2) is 0 Å². The number of rotatable bonds is 5. The summed E-state index contributed by atoms with van der Waals surface area (Å²) in [5.41, 5.74) is 0.885. The molecule has 0 saturated heterocycles. The molecule has 0 amide bonds. The van der Waals surface area contributed by atoms with E-state index in [1.165, 1.54) is 24.2 Å². The molecule has 16 heavy (non-hydrogen) atoms.